The van der Waals surface area contributed by atoms with Crippen molar-refractivity contribution in [3.63, 3.8) is 0 Å². The topological polar surface area (TPSA) is 111 Å². The normalized spacial score (nSPS) is 25.1. The molecule has 0 amide bonds. The fourth-order valence-corrected chi connectivity index (χ4v) is 5.53. The summed E-state index contributed by atoms with van der Waals surface area (Å²) in [6, 6.07) is 4.68. The Morgan fingerprint density at radius 1 is 1.13 bits per heavy atom. The highest BCUT2D eigenvalue weighted by Gasteiger charge is 2.41. The molecule has 0 saturated heterocycles. The monoisotopic (exact) mass is 439 g/mol. The highest BCUT2D eigenvalue weighted by Crippen LogP contribution is 2.40. The first-order chi connectivity index (χ1) is 14.4. The average Bonchev–Trinajstić information content (AvgIpc) is 3.24. The second kappa shape index (κ2) is 10.6. The molecule has 0 spiro atoms. The minimum Gasteiger partial charge on any atom is -0.481 e. The van der Waals surface area contributed by atoms with Crippen LogP contribution in [0.5, 0.6) is 0 Å². The third-order valence-corrected chi connectivity index (χ3v) is 7.32. The molecule has 8 heteroatoms. The van der Waals surface area contributed by atoms with E-state index in [-0.39, 0.29) is 24.1 Å². The van der Waals surface area contributed by atoms with Gasteiger partial charge in [0, 0.05) is 6.42 Å². The quantitative estimate of drug-likeness (QED) is 0.394. The van der Waals surface area contributed by atoms with Gasteiger partial charge in [0.05, 0.1) is 22.4 Å². The fraction of sp³-hybridized carbons (Fsp3) is 0.636. The van der Waals surface area contributed by atoms with E-state index < -0.39 is 24.3 Å². The number of carbonyl (C=O) groups is 1. The number of thiazole rings is 1. The van der Waals surface area contributed by atoms with E-state index in [1.807, 2.05) is 0 Å². The van der Waals surface area contributed by atoms with E-state index in [1.165, 1.54) is 6.07 Å². The van der Waals surface area contributed by atoms with Crippen molar-refractivity contribution in [1.29, 1.82) is 0 Å². The van der Waals surface area contributed by atoms with Crippen LogP contribution in [0.25, 0.3) is 10.2 Å². The van der Waals surface area contributed by atoms with Gasteiger partial charge in [0.1, 0.15) is 16.9 Å². The van der Waals surface area contributed by atoms with E-state index in [9.17, 15) is 24.5 Å². The van der Waals surface area contributed by atoms with Crippen molar-refractivity contribution in [1.82, 2.24) is 4.98 Å². The minimum atomic E-state index is -0.830. The van der Waals surface area contributed by atoms with Crippen molar-refractivity contribution in [2.45, 2.75) is 76.1 Å². The number of fused-ring (bicyclic) bond motifs is 1. The number of hydrogen-bond donors (Lipinski definition) is 4. The van der Waals surface area contributed by atoms with E-state index in [0.717, 1.165) is 37.0 Å². The molecular formula is C22H30FNO5S. The molecule has 5 atom stereocenters. The lowest BCUT2D eigenvalue weighted by molar-refractivity contribution is -0.137. The number of halogens is 1. The summed E-state index contributed by atoms with van der Waals surface area (Å²) in [7, 11) is 0. The summed E-state index contributed by atoms with van der Waals surface area (Å²) in [5, 5.41) is 40.5. The summed E-state index contributed by atoms with van der Waals surface area (Å²) in [5.74, 6) is -1.25. The largest absolute Gasteiger partial charge is 0.481 e. The number of rotatable bonds is 11. The van der Waals surface area contributed by atoms with Crippen molar-refractivity contribution < 1.29 is 29.6 Å². The van der Waals surface area contributed by atoms with Crippen molar-refractivity contribution in [2.24, 2.45) is 11.8 Å². The molecule has 3 rings (SSSR count). The molecular weight excluding hydrogens is 409 g/mol. The van der Waals surface area contributed by atoms with E-state index in [0.29, 0.717) is 40.9 Å². The first kappa shape index (κ1) is 23.1. The van der Waals surface area contributed by atoms with Gasteiger partial charge in [0.2, 0.25) is 0 Å². The Morgan fingerprint density at radius 2 is 1.83 bits per heavy atom. The van der Waals surface area contributed by atoms with Gasteiger partial charge in [0.25, 0.3) is 0 Å². The van der Waals surface area contributed by atoms with E-state index >= 15 is 0 Å². The second-order valence-electron chi connectivity index (χ2n) is 8.28. The number of unbranched alkanes of at least 4 members (excludes halogenated alkanes) is 3. The van der Waals surface area contributed by atoms with Crippen LogP contribution in [0.15, 0.2) is 18.2 Å². The second-order valence-corrected chi connectivity index (χ2v) is 9.31. The standard InChI is InChI=1S/C22H30FNO5S/c23-15-7-5-8-16-21(15)30-22(24-16)17(25)11-10-14-13(18(26)12-19(14)27)6-3-1-2-4-9-20(28)29/h5,7-8,13-14,17-19,25-27H,1-4,6,9-12H2,(H,28,29). The molecule has 1 saturated carbocycles. The molecule has 2 aromatic rings. The predicted octanol–water partition coefficient (Wildman–Crippen LogP) is 4.03. The molecule has 5 unspecified atom stereocenters. The number of aliphatic hydroxyl groups excluding tert-OH is 3. The number of carboxylic acids is 1. The van der Waals surface area contributed by atoms with Gasteiger partial charge >= 0.3 is 5.97 Å². The maximum absolute atomic E-state index is 13.9. The van der Waals surface area contributed by atoms with Gasteiger partial charge in [-0.2, -0.15) is 0 Å². The summed E-state index contributed by atoms with van der Waals surface area (Å²) in [5.41, 5.74) is 0.533. The Kier molecular flexibility index (Phi) is 8.16. The van der Waals surface area contributed by atoms with E-state index in [1.54, 1.807) is 12.1 Å². The minimum absolute atomic E-state index is 0.0283. The number of aliphatic carboxylic acids is 1. The first-order valence-electron chi connectivity index (χ1n) is 10.7. The summed E-state index contributed by atoms with van der Waals surface area (Å²) in [4.78, 5) is 14.9. The van der Waals surface area contributed by atoms with Gasteiger partial charge in [-0.1, -0.05) is 25.3 Å². The maximum Gasteiger partial charge on any atom is 0.303 e. The van der Waals surface area contributed by atoms with Crippen molar-refractivity contribution in [3.8, 4) is 0 Å². The van der Waals surface area contributed by atoms with Gasteiger partial charge in [-0.05, 0) is 56.1 Å². The van der Waals surface area contributed by atoms with Gasteiger partial charge in [-0.3, -0.25) is 4.79 Å². The van der Waals surface area contributed by atoms with E-state index in [2.05, 4.69) is 4.98 Å². The molecule has 1 heterocycles. The highest BCUT2D eigenvalue weighted by molar-refractivity contribution is 7.18. The van der Waals surface area contributed by atoms with Gasteiger partial charge < -0.3 is 20.4 Å². The SMILES string of the molecule is O=C(O)CCCCCCC1C(O)CC(O)C1CCC(O)c1nc2cccc(F)c2s1. The molecule has 6 nitrogen and oxygen atoms in total. The third-order valence-electron chi connectivity index (χ3n) is 6.14. The number of aliphatic hydroxyl groups is 3. The van der Waals surface area contributed by atoms with Crippen LogP contribution in [0.1, 0.15) is 68.9 Å². The molecule has 1 aromatic carbocycles. The van der Waals surface area contributed by atoms with E-state index in [4.69, 9.17) is 5.11 Å². The Balaban J connectivity index is 1.51. The summed E-state index contributed by atoms with van der Waals surface area (Å²) in [6.07, 6.45) is 3.54. The fourth-order valence-electron chi connectivity index (χ4n) is 4.54. The van der Waals surface area contributed by atoms with Crippen molar-refractivity contribution >= 4 is 27.5 Å². The molecule has 1 aliphatic carbocycles. The van der Waals surface area contributed by atoms with Gasteiger partial charge in [-0.15, -0.1) is 11.3 Å². The van der Waals surface area contributed by atoms with Crippen LogP contribution in [0, 0.1) is 17.7 Å². The Hall–Kier alpha value is -1.61. The van der Waals surface area contributed by atoms with Gasteiger partial charge in [-0.25, -0.2) is 9.37 Å². The zero-order valence-corrected chi connectivity index (χ0v) is 17.7. The van der Waals surface area contributed by atoms with Crippen molar-refractivity contribution in [3.05, 3.63) is 29.0 Å². The van der Waals surface area contributed by atoms with Crippen LogP contribution >= 0.6 is 11.3 Å². The molecule has 0 radical (unpaired) electrons. The van der Waals surface area contributed by atoms with Gasteiger partial charge in [0.15, 0.2) is 0 Å². The summed E-state index contributed by atoms with van der Waals surface area (Å²) in [6.45, 7) is 0. The Bertz CT molecular complexity index is 844. The number of nitrogens with zero attached hydrogens (tertiary/aromatic N) is 1. The molecule has 4 N–H and O–H groups in total. The molecule has 166 valence electrons. The third kappa shape index (κ3) is 5.75. The van der Waals surface area contributed by atoms with Crippen LogP contribution in [0.3, 0.4) is 0 Å². The highest BCUT2D eigenvalue weighted by atomic mass is 32.1. The summed E-state index contributed by atoms with van der Waals surface area (Å²) >= 11 is 1.15. The first-order valence-corrected chi connectivity index (χ1v) is 11.5. The van der Waals surface area contributed by atoms with Crippen LogP contribution in [-0.2, 0) is 4.79 Å². The lowest BCUT2D eigenvalue weighted by Gasteiger charge is -2.24. The zero-order valence-electron chi connectivity index (χ0n) is 16.9. The van der Waals surface area contributed by atoms with Crippen LogP contribution in [0.4, 0.5) is 4.39 Å². The smallest absolute Gasteiger partial charge is 0.303 e. The molecule has 1 aliphatic rings. The predicted molar refractivity (Wildman–Crippen MR) is 113 cm³/mol. The zero-order chi connectivity index (χ0) is 21.7. The number of hydrogen-bond acceptors (Lipinski definition) is 6. The van der Waals surface area contributed by atoms with Crippen LogP contribution in [0.2, 0.25) is 0 Å². The molecule has 0 bridgehead atoms. The number of aromatic nitrogens is 1. The molecule has 1 aromatic heterocycles. The van der Waals surface area contributed by atoms with Crippen molar-refractivity contribution in [2.75, 3.05) is 0 Å². The van der Waals surface area contributed by atoms with Crippen LogP contribution in [-0.4, -0.2) is 43.6 Å². The maximum atomic E-state index is 13.9. The summed E-state index contributed by atoms with van der Waals surface area (Å²) < 4.78 is 14.3. The molecule has 1 fully saturated rings. The lowest BCUT2D eigenvalue weighted by Crippen LogP contribution is -2.23. The lowest BCUT2D eigenvalue weighted by atomic mass is 9.85. The molecule has 0 aliphatic heterocycles. The Morgan fingerprint density at radius 3 is 2.53 bits per heavy atom. The number of benzene rings is 1. The average molecular weight is 440 g/mol. The van der Waals surface area contributed by atoms with Crippen LogP contribution < -0.4 is 0 Å². The number of carboxylic acid groups (broad SMARTS) is 1. The Labute approximate surface area is 179 Å². The molecule has 30 heavy (non-hydrogen) atoms.